The smallest absolute Gasteiger partial charge is 0.408 e. The van der Waals surface area contributed by atoms with E-state index in [1.165, 1.54) is 7.11 Å². The largest absolute Gasteiger partial charge is 0.479 e. The van der Waals surface area contributed by atoms with Gasteiger partial charge in [0.1, 0.15) is 18.0 Å². The van der Waals surface area contributed by atoms with Crippen molar-refractivity contribution in [3.05, 3.63) is 29.8 Å². The zero-order valence-corrected chi connectivity index (χ0v) is 15.8. The van der Waals surface area contributed by atoms with Crippen LogP contribution in [0.2, 0.25) is 0 Å². The van der Waals surface area contributed by atoms with Crippen molar-refractivity contribution in [1.29, 1.82) is 0 Å². The zero-order chi connectivity index (χ0) is 19.7. The van der Waals surface area contributed by atoms with E-state index in [0.717, 1.165) is 0 Å². The molecular weight excluding hydrogens is 342 g/mol. The van der Waals surface area contributed by atoms with Gasteiger partial charge in [-0.2, -0.15) is 0 Å². The summed E-state index contributed by atoms with van der Waals surface area (Å²) in [6.07, 6.45) is -1.37. The number of alkyl carbamates (subject to hydrolysis) is 1. The third kappa shape index (κ3) is 7.71. The summed E-state index contributed by atoms with van der Waals surface area (Å²) in [5.74, 6) is -0.707. The summed E-state index contributed by atoms with van der Waals surface area (Å²) < 4.78 is 21.1. The summed E-state index contributed by atoms with van der Waals surface area (Å²) >= 11 is 0. The molecule has 0 fully saturated rings. The van der Waals surface area contributed by atoms with Crippen LogP contribution in [0.5, 0.6) is 5.75 Å². The highest BCUT2D eigenvalue weighted by atomic mass is 16.7. The van der Waals surface area contributed by atoms with Crippen LogP contribution in [0.4, 0.5) is 4.79 Å². The minimum atomic E-state index is -1.24. The van der Waals surface area contributed by atoms with E-state index in [2.05, 4.69) is 5.32 Å². The second kappa shape index (κ2) is 9.98. The summed E-state index contributed by atoms with van der Waals surface area (Å²) in [4.78, 5) is 23.3. The van der Waals surface area contributed by atoms with Crippen LogP contribution < -0.4 is 10.1 Å². The number of benzene rings is 1. The highest BCUT2D eigenvalue weighted by Gasteiger charge is 2.25. The topological polar surface area (TPSA) is 103 Å². The Morgan fingerprint density at radius 2 is 1.81 bits per heavy atom. The van der Waals surface area contributed by atoms with E-state index < -0.39 is 30.0 Å². The highest BCUT2D eigenvalue weighted by molar-refractivity contribution is 5.81. The van der Waals surface area contributed by atoms with Crippen LogP contribution in [0.1, 0.15) is 39.3 Å². The Kier molecular flexibility index (Phi) is 8.34. The molecule has 1 rings (SSSR count). The Morgan fingerprint density at radius 3 is 2.27 bits per heavy atom. The zero-order valence-electron chi connectivity index (χ0n) is 15.8. The normalized spacial score (nSPS) is 13.6. The van der Waals surface area contributed by atoms with Crippen molar-refractivity contribution in [1.82, 2.24) is 5.32 Å². The first-order valence-electron chi connectivity index (χ1n) is 8.25. The van der Waals surface area contributed by atoms with Crippen molar-refractivity contribution in [2.45, 2.75) is 45.6 Å². The minimum absolute atomic E-state index is 0.257. The first-order valence-corrected chi connectivity index (χ1v) is 8.25. The number of carboxylic acids is 1. The molecule has 0 heterocycles. The van der Waals surface area contributed by atoms with Crippen LogP contribution in [0.25, 0.3) is 0 Å². The van der Waals surface area contributed by atoms with Gasteiger partial charge in [-0.25, -0.2) is 9.59 Å². The van der Waals surface area contributed by atoms with Crippen molar-refractivity contribution >= 4 is 12.1 Å². The molecule has 0 aliphatic rings. The van der Waals surface area contributed by atoms with Gasteiger partial charge in [-0.05, 0) is 45.4 Å². The summed E-state index contributed by atoms with van der Waals surface area (Å²) in [5.41, 5.74) is -0.337. The number of nitrogens with one attached hydrogen (secondary N) is 1. The quantitative estimate of drug-likeness (QED) is 0.645. The molecule has 0 aromatic heterocycles. The minimum Gasteiger partial charge on any atom is -0.479 e. The molecule has 0 aliphatic carbocycles. The van der Waals surface area contributed by atoms with Gasteiger partial charge < -0.3 is 29.4 Å². The van der Waals surface area contributed by atoms with E-state index in [1.54, 1.807) is 45.0 Å². The number of amides is 1. The maximum atomic E-state index is 11.9. The van der Waals surface area contributed by atoms with Gasteiger partial charge >= 0.3 is 12.1 Å². The molecule has 0 bridgehead atoms. The second-order valence-electron chi connectivity index (χ2n) is 6.44. The lowest BCUT2D eigenvalue weighted by molar-refractivity contribution is -0.139. The lowest BCUT2D eigenvalue weighted by Crippen LogP contribution is -2.38. The molecule has 1 amide bonds. The SMILES string of the molecule is CCOC(COC)Oc1ccc(C(NC(=O)OC(C)(C)C)C(=O)O)cc1. The van der Waals surface area contributed by atoms with Gasteiger partial charge in [-0.3, -0.25) is 0 Å². The number of methoxy groups -OCH3 is 1. The maximum Gasteiger partial charge on any atom is 0.408 e. The van der Waals surface area contributed by atoms with Crippen LogP contribution in [-0.4, -0.2) is 49.4 Å². The number of hydrogen-bond acceptors (Lipinski definition) is 6. The van der Waals surface area contributed by atoms with Crippen LogP contribution in [0.3, 0.4) is 0 Å². The van der Waals surface area contributed by atoms with E-state index in [9.17, 15) is 14.7 Å². The number of hydrogen-bond donors (Lipinski definition) is 2. The molecule has 1 aromatic carbocycles. The van der Waals surface area contributed by atoms with Gasteiger partial charge in [0, 0.05) is 13.7 Å². The molecule has 0 radical (unpaired) electrons. The first kappa shape index (κ1) is 21.7. The van der Waals surface area contributed by atoms with Gasteiger partial charge in [-0.15, -0.1) is 0 Å². The van der Waals surface area contributed by atoms with Gasteiger partial charge in [0.25, 0.3) is 0 Å². The molecule has 26 heavy (non-hydrogen) atoms. The molecule has 0 saturated heterocycles. The fourth-order valence-corrected chi connectivity index (χ4v) is 2.04. The lowest BCUT2D eigenvalue weighted by atomic mass is 10.1. The summed E-state index contributed by atoms with van der Waals surface area (Å²) in [7, 11) is 1.54. The molecule has 8 heteroatoms. The van der Waals surface area contributed by atoms with Crippen molar-refractivity contribution in [2.75, 3.05) is 20.3 Å². The van der Waals surface area contributed by atoms with Crippen molar-refractivity contribution < 1.29 is 33.6 Å². The lowest BCUT2D eigenvalue weighted by Gasteiger charge is -2.22. The molecule has 0 aliphatic heterocycles. The molecule has 0 spiro atoms. The van der Waals surface area contributed by atoms with E-state index >= 15 is 0 Å². The van der Waals surface area contributed by atoms with Crippen LogP contribution >= 0.6 is 0 Å². The maximum absolute atomic E-state index is 11.9. The molecule has 2 N–H and O–H groups in total. The number of aliphatic carboxylic acids is 1. The molecule has 2 unspecified atom stereocenters. The van der Waals surface area contributed by atoms with E-state index in [0.29, 0.717) is 17.9 Å². The Bertz CT molecular complexity index is 574. The third-order valence-electron chi connectivity index (χ3n) is 3.04. The second-order valence-corrected chi connectivity index (χ2v) is 6.44. The van der Waals surface area contributed by atoms with Gasteiger partial charge in [-0.1, -0.05) is 12.1 Å². The average Bonchev–Trinajstić information content (AvgIpc) is 2.52. The number of ether oxygens (including phenoxy) is 4. The Labute approximate surface area is 153 Å². The Hall–Kier alpha value is -2.32. The van der Waals surface area contributed by atoms with Gasteiger partial charge in [0.2, 0.25) is 6.29 Å². The third-order valence-corrected chi connectivity index (χ3v) is 3.04. The standard InChI is InChI=1S/C18H27NO7/c1-6-24-14(11-23-5)25-13-9-7-12(8-10-13)15(16(20)21)19-17(22)26-18(2,3)4/h7-10,14-15H,6,11H2,1-5H3,(H,19,22)(H,20,21). The average molecular weight is 369 g/mol. The predicted octanol–water partition coefficient (Wildman–Crippen LogP) is 2.72. The predicted molar refractivity (Wildman–Crippen MR) is 94.1 cm³/mol. The summed E-state index contributed by atoms with van der Waals surface area (Å²) in [6.45, 7) is 7.66. The fourth-order valence-electron chi connectivity index (χ4n) is 2.04. The van der Waals surface area contributed by atoms with Crippen LogP contribution in [0, 0.1) is 0 Å². The highest BCUT2D eigenvalue weighted by Crippen LogP contribution is 2.20. The van der Waals surface area contributed by atoms with Crippen LogP contribution in [0.15, 0.2) is 24.3 Å². The Morgan fingerprint density at radius 1 is 1.19 bits per heavy atom. The van der Waals surface area contributed by atoms with E-state index in [4.69, 9.17) is 18.9 Å². The van der Waals surface area contributed by atoms with Crippen molar-refractivity contribution in [3.8, 4) is 5.75 Å². The molecular formula is C18H27NO7. The number of carboxylic acid groups (broad SMARTS) is 1. The number of carbonyl (C=O) groups is 2. The van der Waals surface area contributed by atoms with Crippen molar-refractivity contribution in [3.63, 3.8) is 0 Å². The molecule has 8 nitrogen and oxygen atoms in total. The van der Waals surface area contributed by atoms with Crippen LogP contribution in [-0.2, 0) is 19.0 Å². The fraction of sp³-hybridized carbons (Fsp3) is 0.556. The van der Waals surface area contributed by atoms with Gasteiger partial charge in [0.15, 0.2) is 6.04 Å². The first-order chi connectivity index (χ1) is 12.2. The summed E-state index contributed by atoms with van der Waals surface area (Å²) in [5, 5.41) is 11.7. The molecule has 1 aromatic rings. The van der Waals surface area contributed by atoms with E-state index in [-0.39, 0.29) is 6.61 Å². The molecule has 0 saturated carbocycles. The molecule has 146 valence electrons. The van der Waals surface area contributed by atoms with Gasteiger partial charge in [0.05, 0.1) is 0 Å². The number of carbonyl (C=O) groups excluding carboxylic acids is 1. The Balaban J connectivity index is 2.81. The summed E-state index contributed by atoms with van der Waals surface area (Å²) in [6, 6.07) is 5.08. The van der Waals surface area contributed by atoms with E-state index in [1.807, 2.05) is 6.92 Å². The number of rotatable bonds is 9. The monoisotopic (exact) mass is 369 g/mol. The van der Waals surface area contributed by atoms with Crippen molar-refractivity contribution in [2.24, 2.45) is 0 Å². The molecule has 2 atom stereocenters.